The largest absolute Gasteiger partial charge is 0.279 e. The fraction of sp³-hybridized carbons (Fsp3) is 0.174. The number of amides is 1. The van der Waals surface area contributed by atoms with Gasteiger partial charge in [0.05, 0.1) is 16.8 Å². The Kier molecular flexibility index (Phi) is 6.11. The van der Waals surface area contributed by atoms with Crippen molar-refractivity contribution in [3.8, 4) is 0 Å². The van der Waals surface area contributed by atoms with Gasteiger partial charge in [-0.2, -0.15) is 0 Å². The van der Waals surface area contributed by atoms with Gasteiger partial charge in [-0.05, 0) is 54.1 Å². The summed E-state index contributed by atoms with van der Waals surface area (Å²) in [5.41, 5.74) is 2.14. The Hall–Kier alpha value is -2.77. The van der Waals surface area contributed by atoms with Crippen LogP contribution in [0.4, 0.5) is 9.52 Å². The number of fused-ring (bicyclic) bond motifs is 1. The van der Waals surface area contributed by atoms with Crippen LogP contribution >= 0.6 is 23.1 Å². The van der Waals surface area contributed by atoms with Crippen molar-refractivity contribution in [2.75, 3.05) is 4.90 Å². The Bertz CT molecular complexity index is 1160. The van der Waals surface area contributed by atoms with E-state index in [0.29, 0.717) is 32.7 Å². The van der Waals surface area contributed by atoms with Crippen LogP contribution in [0, 0.1) is 5.82 Å². The molecule has 0 spiro atoms. The number of benzene rings is 2. The molecule has 0 aliphatic heterocycles. The first-order chi connectivity index (χ1) is 14.5. The molecule has 30 heavy (non-hydrogen) atoms. The number of rotatable bonds is 6. The topological polar surface area (TPSA) is 46.1 Å². The summed E-state index contributed by atoms with van der Waals surface area (Å²) >= 11 is 3.05. The highest BCUT2D eigenvalue weighted by Crippen LogP contribution is 2.31. The zero-order valence-corrected chi connectivity index (χ0v) is 18.2. The average Bonchev–Trinajstić information content (AvgIpc) is 3.15. The van der Waals surface area contributed by atoms with Crippen molar-refractivity contribution in [2.24, 2.45) is 0 Å². The molecule has 0 atom stereocenters. The summed E-state index contributed by atoms with van der Waals surface area (Å²) < 4.78 is 14.3. The zero-order chi connectivity index (χ0) is 21.1. The predicted molar refractivity (Wildman–Crippen MR) is 122 cm³/mol. The van der Waals surface area contributed by atoms with Crippen LogP contribution in [0.25, 0.3) is 10.2 Å². The maximum Gasteiger partial charge on any atom is 0.260 e. The first-order valence-electron chi connectivity index (χ1n) is 9.53. The minimum absolute atomic E-state index is 0.153. The van der Waals surface area contributed by atoms with Crippen molar-refractivity contribution >= 4 is 44.4 Å². The molecular weight excluding hydrogens is 417 g/mol. The lowest BCUT2D eigenvalue weighted by atomic mass is 10.2. The Morgan fingerprint density at radius 3 is 2.67 bits per heavy atom. The van der Waals surface area contributed by atoms with Gasteiger partial charge in [-0.3, -0.25) is 14.7 Å². The van der Waals surface area contributed by atoms with E-state index in [1.165, 1.54) is 23.5 Å². The fourth-order valence-corrected chi connectivity index (χ4v) is 4.83. The van der Waals surface area contributed by atoms with E-state index in [-0.39, 0.29) is 11.7 Å². The van der Waals surface area contributed by atoms with Crippen molar-refractivity contribution in [1.29, 1.82) is 0 Å². The number of thioether (sulfide) groups is 1. The van der Waals surface area contributed by atoms with Crippen molar-refractivity contribution < 1.29 is 9.18 Å². The van der Waals surface area contributed by atoms with Crippen LogP contribution in [-0.2, 0) is 6.54 Å². The summed E-state index contributed by atoms with van der Waals surface area (Å²) in [5, 5.41) is 1.00. The van der Waals surface area contributed by atoms with Crippen LogP contribution in [0.2, 0.25) is 0 Å². The number of aromatic nitrogens is 2. The molecule has 2 aromatic carbocycles. The lowest BCUT2D eigenvalue weighted by molar-refractivity contribution is 0.0985. The highest BCUT2D eigenvalue weighted by atomic mass is 32.2. The molecule has 0 aliphatic carbocycles. The maximum atomic E-state index is 13.6. The van der Waals surface area contributed by atoms with E-state index in [0.717, 1.165) is 10.5 Å². The van der Waals surface area contributed by atoms with Gasteiger partial charge in [0.15, 0.2) is 5.13 Å². The number of hydrogen-bond donors (Lipinski definition) is 0. The molecule has 7 heteroatoms. The van der Waals surface area contributed by atoms with Gasteiger partial charge in [0.2, 0.25) is 0 Å². The molecule has 0 bridgehead atoms. The van der Waals surface area contributed by atoms with Gasteiger partial charge in [-0.25, -0.2) is 9.37 Å². The number of nitrogens with zero attached hydrogens (tertiary/aromatic N) is 3. The molecule has 4 aromatic rings. The highest BCUT2D eigenvalue weighted by Gasteiger charge is 2.22. The lowest BCUT2D eigenvalue weighted by Crippen LogP contribution is -2.30. The third-order valence-electron chi connectivity index (χ3n) is 4.35. The smallest absolute Gasteiger partial charge is 0.260 e. The molecular formula is C23H20FN3OS2. The van der Waals surface area contributed by atoms with Crippen LogP contribution in [0.15, 0.2) is 71.9 Å². The Morgan fingerprint density at radius 1 is 1.17 bits per heavy atom. The first-order valence-corrected chi connectivity index (χ1v) is 11.2. The first kappa shape index (κ1) is 20.5. The third-order valence-corrected chi connectivity index (χ3v) is 6.41. The molecule has 152 valence electrons. The van der Waals surface area contributed by atoms with Gasteiger partial charge >= 0.3 is 0 Å². The summed E-state index contributed by atoms with van der Waals surface area (Å²) in [4.78, 5) is 24.9. The van der Waals surface area contributed by atoms with Gasteiger partial charge in [-0.1, -0.05) is 31.3 Å². The second-order valence-electron chi connectivity index (χ2n) is 7.05. The Labute approximate surface area is 182 Å². The molecule has 1 amide bonds. The molecule has 4 nitrogen and oxygen atoms in total. The second-order valence-corrected chi connectivity index (χ2v) is 9.71. The van der Waals surface area contributed by atoms with Crippen molar-refractivity contribution in [2.45, 2.75) is 30.5 Å². The monoisotopic (exact) mass is 437 g/mol. The number of thiazole rings is 1. The van der Waals surface area contributed by atoms with E-state index in [4.69, 9.17) is 0 Å². The minimum Gasteiger partial charge on any atom is -0.279 e. The molecule has 2 aromatic heterocycles. The Balaban J connectivity index is 1.69. The standard InChI is InChI=1S/C23H20FN3OS2/c1-15(2)29-19-8-5-17(6-9-19)22(28)27(14-16-4-3-11-25-13-16)23-26-20-10-7-18(24)12-21(20)30-23/h3-13,15H,14H2,1-2H3. The normalized spacial score (nSPS) is 11.2. The van der Waals surface area contributed by atoms with Crippen LogP contribution in [0.3, 0.4) is 0 Å². The van der Waals surface area contributed by atoms with Crippen LogP contribution < -0.4 is 4.90 Å². The molecule has 0 N–H and O–H groups in total. The van der Waals surface area contributed by atoms with Crippen LogP contribution in [0.5, 0.6) is 0 Å². The molecule has 4 rings (SSSR count). The summed E-state index contributed by atoms with van der Waals surface area (Å²) in [7, 11) is 0. The molecule has 0 aliphatic rings. The highest BCUT2D eigenvalue weighted by molar-refractivity contribution is 7.99. The van der Waals surface area contributed by atoms with Gasteiger partial charge < -0.3 is 0 Å². The minimum atomic E-state index is -0.318. The van der Waals surface area contributed by atoms with Gasteiger partial charge in [0.25, 0.3) is 5.91 Å². The van der Waals surface area contributed by atoms with Crippen molar-refractivity contribution in [1.82, 2.24) is 9.97 Å². The summed E-state index contributed by atoms with van der Waals surface area (Å²) in [5.74, 6) is -0.472. The van der Waals surface area contributed by atoms with E-state index in [2.05, 4.69) is 23.8 Å². The summed E-state index contributed by atoms with van der Waals surface area (Å²) in [6, 6.07) is 15.8. The zero-order valence-electron chi connectivity index (χ0n) is 16.6. The third kappa shape index (κ3) is 4.68. The molecule has 0 radical (unpaired) electrons. The fourth-order valence-electron chi connectivity index (χ4n) is 3.01. The summed E-state index contributed by atoms with van der Waals surface area (Å²) in [6.07, 6.45) is 3.43. The second kappa shape index (κ2) is 8.93. The molecule has 0 saturated carbocycles. The maximum absolute atomic E-state index is 13.6. The number of pyridine rings is 1. The van der Waals surface area contributed by atoms with E-state index < -0.39 is 0 Å². The number of hydrogen-bond acceptors (Lipinski definition) is 5. The number of carbonyl (C=O) groups excluding carboxylic acids is 1. The molecule has 0 unspecified atom stereocenters. The number of halogens is 1. The number of anilines is 1. The van der Waals surface area contributed by atoms with E-state index in [1.807, 2.05) is 36.4 Å². The molecule has 0 saturated heterocycles. The van der Waals surface area contributed by atoms with Crippen molar-refractivity contribution in [3.63, 3.8) is 0 Å². The van der Waals surface area contributed by atoms with Crippen molar-refractivity contribution in [3.05, 3.63) is 83.9 Å². The van der Waals surface area contributed by atoms with E-state index in [1.54, 1.807) is 35.1 Å². The predicted octanol–water partition coefficient (Wildman–Crippen LogP) is 6.18. The van der Waals surface area contributed by atoms with Crippen LogP contribution in [0.1, 0.15) is 29.8 Å². The van der Waals surface area contributed by atoms with Gasteiger partial charge in [0, 0.05) is 28.1 Å². The van der Waals surface area contributed by atoms with E-state index in [9.17, 15) is 9.18 Å². The lowest BCUT2D eigenvalue weighted by Gasteiger charge is -2.20. The van der Waals surface area contributed by atoms with E-state index >= 15 is 0 Å². The van der Waals surface area contributed by atoms with Gasteiger partial charge in [-0.15, -0.1) is 11.8 Å². The molecule has 0 fully saturated rings. The Morgan fingerprint density at radius 2 is 1.97 bits per heavy atom. The van der Waals surface area contributed by atoms with Gasteiger partial charge in [0.1, 0.15) is 5.82 Å². The average molecular weight is 438 g/mol. The SMILES string of the molecule is CC(C)Sc1ccc(C(=O)N(Cc2cccnc2)c2nc3ccc(F)cc3s2)cc1. The number of carbonyl (C=O) groups is 1. The molecule has 2 heterocycles. The summed E-state index contributed by atoms with van der Waals surface area (Å²) in [6.45, 7) is 4.60. The quantitative estimate of drug-likeness (QED) is 0.338. The van der Waals surface area contributed by atoms with Crippen LogP contribution in [-0.4, -0.2) is 21.1 Å².